The van der Waals surface area contributed by atoms with Gasteiger partial charge in [0.15, 0.2) is 0 Å². The van der Waals surface area contributed by atoms with Crippen LogP contribution in [0.3, 0.4) is 0 Å². The molecule has 3 fully saturated rings. The molecule has 26 heavy (non-hydrogen) atoms. The summed E-state index contributed by atoms with van der Waals surface area (Å²) in [6.07, 6.45) is 20.7. The molecular weight excluding hydrogens is 320 g/mol. The van der Waals surface area contributed by atoms with Crippen molar-refractivity contribution in [2.24, 2.45) is 23.7 Å². The third-order valence-electron chi connectivity index (χ3n) is 7.70. The van der Waals surface area contributed by atoms with Crippen molar-refractivity contribution >= 4 is 0 Å². The Hall–Kier alpha value is -0.0800. The molecule has 0 aromatic rings. The van der Waals surface area contributed by atoms with Crippen molar-refractivity contribution in [2.75, 3.05) is 13.2 Å². The van der Waals surface area contributed by atoms with E-state index in [9.17, 15) is 0 Å². The minimum absolute atomic E-state index is 0.558. The van der Waals surface area contributed by atoms with Gasteiger partial charge in [-0.05, 0) is 88.4 Å². The SMILES string of the molecule is CCCC1CCC(C2CCC(CCC3CCC(OCC)CC3)CO2)CC1. The van der Waals surface area contributed by atoms with Crippen LogP contribution >= 0.6 is 0 Å². The van der Waals surface area contributed by atoms with Crippen molar-refractivity contribution in [3.05, 3.63) is 0 Å². The second-order valence-electron chi connectivity index (χ2n) is 9.56. The van der Waals surface area contributed by atoms with Gasteiger partial charge in [-0.2, -0.15) is 0 Å². The van der Waals surface area contributed by atoms with Gasteiger partial charge in [-0.15, -0.1) is 0 Å². The summed E-state index contributed by atoms with van der Waals surface area (Å²) in [6.45, 7) is 6.39. The minimum Gasteiger partial charge on any atom is -0.379 e. The van der Waals surface area contributed by atoms with Gasteiger partial charge < -0.3 is 9.47 Å². The summed E-state index contributed by atoms with van der Waals surface area (Å²) in [6, 6.07) is 0. The van der Waals surface area contributed by atoms with Crippen LogP contribution in [-0.2, 0) is 9.47 Å². The second kappa shape index (κ2) is 11.1. The fourth-order valence-electron chi connectivity index (χ4n) is 5.98. The molecule has 1 heterocycles. The highest BCUT2D eigenvalue weighted by Crippen LogP contribution is 2.38. The fraction of sp³-hybridized carbons (Fsp3) is 1.00. The molecule has 1 aliphatic heterocycles. The van der Waals surface area contributed by atoms with E-state index in [-0.39, 0.29) is 0 Å². The van der Waals surface area contributed by atoms with Crippen LogP contribution in [-0.4, -0.2) is 25.4 Å². The predicted octanol–water partition coefficient (Wildman–Crippen LogP) is 6.76. The van der Waals surface area contributed by atoms with Crippen molar-refractivity contribution in [2.45, 2.75) is 116 Å². The number of rotatable bonds is 8. The van der Waals surface area contributed by atoms with Crippen LogP contribution in [0.5, 0.6) is 0 Å². The summed E-state index contributed by atoms with van der Waals surface area (Å²) < 4.78 is 12.2. The molecule has 2 heteroatoms. The molecule has 0 bridgehead atoms. The molecule has 2 unspecified atom stereocenters. The van der Waals surface area contributed by atoms with E-state index in [0.29, 0.717) is 12.2 Å². The Kier molecular flexibility index (Phi) is 8.78. The summed E-state index contributed by atoms with van der Waals surface area (Å²) in [5.41, 5.74) is 0. The van der Waals surface area contributed by atoms with E-state index in [4.69, 9.17) is 9.47 Å². The minimum atomic E-state index is 0.558. The third kappa shape index (κ3) is 6.23. The second-order valence-corrected chi connectivity index (χ2v) is 9.56. The smallest absolute Gasteiger partial charge is 0.0603 e. The lowest BCUT2D eigenvalue weighted by Crippen LogP contribution is -2.34. The molecule has 0 N–H and O–H groups in total. The molecule has 2 aliphatic carbocycles. The van der Waals surface area contributed by atoms with Crippen molar-refractivity contribution in [1.82, 2.24) is 0 Å². The third-order valence-corrected chi connectivity index (χ3v) is 7.70. The zero-order chi connectivity index (χ0) is 18.2. The molecule has 152 valence electrons. The Balaban J connectivity index is 1.27. The van der Waals surface area contributed by atoms with Gasteiger partial charge in [0.1, 0.15) is 0 Å². The predicted molar refractivity (Wildman–Crippen MR) is 109 cm³/mol. The van der Waals surface area contributed by atoms with Crippen molar-refractivity contribution in [3.8, 4) is 0 Å². The molecule has 2 saturated carbocycles. The zero-order valence-electron chi connectivity index (χ0n) is 17.6. The maximum Gasteiger partial charge on any atom is 0.0603 e. The first kappa shape index (κ1) is 20.6. The van der Waals surface area contributed by atoms with Crippen LogP contribution in [0.4, 0.5) is 0 Å². The first-order valence-electron chi connectivity index (χ1n) is 12.0. The highest BCUT2D eigenvalue weighted by molar-refractivity contribution is 4.82. The highest BCUT2D eigenvalue weighted by atomic mass is 16.5. The standard InChI is InChI=1S/C24H44O2/c1-3-5-19-8-13-22(14-9-19)24-17-12-21(18-26-24)7-6-20-10-15-23(16-11-20)25-4-2/h19-24H,3-18H2,1-2H3. The van der Waals surface area contributed by atoms with Crippen LogP contribution in [0, 0.1) is 23.7 Å². The Morgan fingerprint density at radius 2 is 1.31 bits per heavy atom. The zero-order valence-corrected chi connectivity index (χ0v) is 17.6. The number of hydrogen-bond acceptors (Lipinski definition) is 2. The summed E-state index contributed by atoms with van der Waals surface area (Å²) in [4.78, 5) is 0. The van der Waals surface area contributed by atoms with Gasteiger partial charge in [0.2, 0.25) is 0 Å². The van der Waals surface area contributed by atoms with Gasteiger partial charge in [-0.25, -0.2) is 0 Å². The average molecular weight is 365 g/mol. The molecule has 2 nitrogen and oxygen atoms in total. The van der Waals surface area contributed by atoms with Crippen LogP contribution in [0.25, 0.3) is 0 Å². The first-order chi connectivity index (χ1) is 12.8. The Morgan fingerprint density at radius 1 is 0.692 bits per heavy atom. The van der Waals surface area contributed by atoms with E-state index in [1.807, 2.05) is 0 Å². The van der Waals surface area contributed by atoms with E-state index in [0.717, 1.165) is 36.9 Å². The van der Waals surface area contributed by atoms with Crippen molar-refractivity contribution < 1.29 is 9.47 Å². The van der Waals surface area contributed by atoms with Crippen molar-refractivity contribution in [3.63, 3.8) is 0 Å². The molecule has 2 atom stereocenters. The number of ether oxygens (including phenoxy) is 2. The van der Waals surface area contributed by atoms with Crippen LogP contribution in [0.2, 0.25) is 0 Å². The fourth-order valence-corrected chi connectivity index (χ4v) is 5.98. The molecule has 0 spiro atoms. The summed E-state index contributed by atoms with van der Waals surface area (Å²) in [5, 5.41) is 0. The lowest BCUT2D eigenvalue weighted by Gasteiger charge is -2.38. The van der Waals surface area contributed by atoms with Crippen LogP contribution in [0.1, 0.15) is 104 Å². The molecule has 3 rings (SSSR count). The maximum atomic E-state index is 6.39. The Labute approximate surface area is 162 Å². The summed E-state index contributed by atoms with van der Waals surface area (Å²) in [5.74, 6) is 3.69. The number of hydrogen-bond donors (Lipinski definition) is 0. The van der Waals surface area contributed by atoms with Gasteiger partial charge in [-0.1, -0.05) is 39.0 Å². The topological polar surface area (TPSA) is 18.5 Å². The Morgan fingerprint density at radius 3 is 1.92 bits per heavy atom. The van der Waals surface area contributed by atoms with Gasteiger partial charge >= 0.3 is 0 Å². The lowest BCUT2D eigenvalue weighted by molar-refractivity contribution is -0.0610. The van der Waals surface area contributed by atoms with Crippen molar-refractivity contribution in [1.29, 1.82) is 0 Å². The van der Waals surface area contributed by atoms with E-state index >= 15 is 0 Å². The maximum absolute atomic E-state index is 6.39. The lowest BCUT2D eigenvalue weighted by atomic mass is 9.75. The monoisotopic (exact) mass is 364 g/mol. The van der Waals surface area contributed by atoms with Gasteiger partial charge in [0.25, 0.3) is 0 Å². The summed E-state index contributed by atoms with van der Waals surface area (Å²) >= 11 is 0. The molecule has 0 aromatic heterocycles. The largest absolute Gasteiger partial charge is 0.379 e. The van der Waals surface area contributed by atoms with E-state index in [2.05, 4.69) is 13.8 Å². The summed E-state index contributed by atoms with van der Waals surface area (Å²) in [7, 11) is 0. The molecule has 0 aromatic carbocycles. The first-order valence-corrected chi connectivity index (χ1v) is 12.0. The quantitative estimate of drug-likeness (QED) is 0.473. The van der Waals surface area contributed by atoms with E-state index in [1.165, 1.54) is 89.9 Å². The van der Waals surface area contributed by atoms with Gasteiger partial charge in [0, 0.05) is 13.2 Å². The van der Waals surface area contributed by atoms with Crippen LogP contribution in [0.15, 0.2) is 0 Å². The Bertz CT molecular complexity index is 358. The highest BCUT2D eigenvalue weighted by Gasteiger charge is 2.31. The molecule has 0 amide bonds. The van der Waals surface area contributed by atoms with E-state index < -0.39 is 0 Å². The van der Waals surface area contributed by atoms with Gasteiger partial charge in [0.05, 0.1) is 12.2 Å². The van der Waals surface area contributed by atoms with Crippen LogP contribution < -0.4 is 0 Å². The molecule has 1 saturated heterocycles. The molecule has 3 aliphatic rings. The molecule has 0 radical (unpaired) electrons. The molecular formula is C24H44O2. The normalized spacial score (nSPS) is 39.0. The average Bonchev–Trinajstić information content (AvgIpc) is 2.69. The van der Waals surface area contributed by atoms with E-state index in [1.54, 1.807) is 0 Å². The van der Waals surface area contributed by atoms with Gasteiger partial charge in [-0.3, -0.25) is 0 Å².